The van der Waals surface area contributed by atoms with E-state index < -0.39 is 19.8 Å². The van der Waals surface area contributed by atoms with E-state index in [0.29, 0.717) is 19.9 Å². The zero-order valence-corrected chi connectivity index (χ0v) is 22.4. The van der Waals surface area contributed by atoms with Crippen LogP contribution in [0.4, 0.5) is 4.79 Å². The van der Waals surface area contributed by atoms with Gasteiger partial charge in [0.05, 0.1) is 0 Å². The monoisotopic (exact) mass is 571 g/mol. The third-order valence-electron chi connectivity index (χ3n) is 5.33. The molecule has 0 spiro atoms. The second-order valence-corrected chi connectivity index (χ2v) is 13.3. The Morgan fingerprint density at radius 3 is 2.31 bits per heavy atom. The van der Waals surface area contributed by atoms with E-state index in [2.05, 4.69) is 50.1 Å². The van der Waals surface area contributed by atoms with Crippen LogP contribution in [0.3, 0.4) is 0 Å². The molecule has 7 nitrogen and oxygen atoms in total. The van der Waals surface area contributed by atoms with E-state index in [9.17, 15) is 4.79 Å². The molecule has 0 radical (unpaired) electrons. The van der Waals surface area contributed by atoms with E-state index in [1.165, 1.54) is 7.14 Å². The number of nitrogens with zero attached hydrogens (tertiary/aromatic N) is 5. The van der Waals surface area contributed by atoms with Gasteiger partial charge in [0.1, 0.15) is 0 Å². The van der Waals surface area contributed by atoms with Crippen LogP contribution in [0.25, 0.3) is 0 Å². The molecule has 174 valence electrons. The van der Waals surface area contributed by atoms with Crippen LogP contribution in [0.15, 0.2) is 47.5 Å². The molecule has 0 bridgehead atoms. The average molecular weight is 572 g/mol. The Labute approximate surface area is 203 Å². The molecule has 3 rings (SSSR count). The first-order valence-electron chi connectivity index (χ1n) is 10.2. The van der Waals surface area contributed by atoms with Crippen LogP contribution in [0.1, 0.15) is 5.56 Å². The van der Waals surface area contributed by atoms with E-state index in [1.54, 1.807) is 38.1 Å². The predicted molar refractivity (Wildman–Crippen MR) is 139 cm³/mol. The van der Waals surface area contributed by atoms with Gasteiger partial charge in [-0.3, -0.25) is 0 Å². The van der Waals surface area contributed by atoms with Crippen LogP contribution in [0.5, 0.6) is 5.75 Å². The number of methoxy groups -OCH3 is 1. The number of alkyl halides is 1. The summed E-state index contributed by atoms with van der Waals surface area (Å²) in [6.45, 7) is 1.68. The standard InChI is InChI=1S/C23H31ClIN5O2/c1-25(18-8-10-19(32-6)11-9-18)21-12-7-17(13-20(21)24)14-27(3)22(26-2)30-15-28(4)23(31)29(5)16-30/h7-13H,14-16H2,1-6H3. The molecule has 0 aromatic heterocycles. The molecule has 0 saturated carbocycles. The van der Waals surface area contributed by atoms with E-state index in [-0.39, 0.29) is 6.03 Å². The van der Waals surface area contributed by atoms with Gasteiger partial charge in [0.2, 0.25) is 0 Å². The molecule has 9 heteroatoms. The quantitative estimate of drug-likeness (QED) is 0.234. The van der Waals surface area contributed by atoms with Crippen molar-refractivity contribution in [3.63, 3.8) is 0 Å². The van der Waals surface area contributed by atoms with Crippen molar-refractivity contribution in [1.29, 1.82) is 0 Å². The minimum absolute atomic E-state index is 0.0115. The number of carbonyl (C=O) groups is 1. The van der Waals surface area contributed by atoms with Crippen molar-refractivity contribution in [2.45, 2.75) is 6.54 Å². The van der Waals surface area contributed by atoms with E-state index in [4.69, 9.17) is 16.3 Å². The summed E-state index contributed by atoms with van der Waals surface area (Å²) in [5, 5.41) is 0.817. The number of benzene rings is 2. The SMILES string of the molecule is CN=C(N(C)Cc1ccc(I(C)c2ccc(OC)cc2)c(Cl)c1)N1CN(C)C(=O)N(C)C1. The summed E-state index contributed by atoms with van der Waals surface area (Å²) in [4.78, 5) is 26.4. The van der Waals surface area contributed by atoms with Gasteiger partial charge in [0.25, 0.3) is 0 Å². The average Bonchev–Trinajstić information content (AvgIpc) is 2.77. The number of aliphatic imine (C=N–C) groups is 1. The fourth-order valence-corrected chi connectivity index (χ4v) is 8.42. The zero-order valence-electron chi connectivity index (χ0n) is 19.5. The van der Waals surface area contributed by atoms with Crippen molar-refractivity contribution >= 4 is 43.4 Å². The fraction of sp³-hybridized carbons (Fsp3) is 0.391. The Kier molecular flexibility index (Phi) is 8.10. The van der Waals surface area contributed by atoms with Gasteiger partial charge in [0.15, 0.2) is 0 Å². The molecule has 32 heavy (non-hydrogen) atoms. The van der Waals surface area contributed by atoms with Crippen molar-refractivity contribution in [2.75, 3.05) is 53.6 Å². The molecule has 0 aliphatic carbocycles. The van der Waals surface area contributed by atoms with E-state index in [1.807, 2.05) is 19.2 Å². The Morgan fingerprint density at radius 1 is 1.16 bits per heavy atom. The molecule has 0 atom stereocenters. The van der Waals surface area contributed by atoms with Crippen molar-refractivity contribution in [1.82, 2.24) is 19.6 Å². The zero-order chi connectivity index (χ0) is 23.4. The number of hydrogen-bond donors (Lipinski definition) is 0. The number of guanidine groups is 1. The number of carbonyl (C=O) groups excluding carboxylic acids is 1. The molecule has 1 aliphatic heterocycles. The van der Waals surface area contributed by atoms with Crippen LogP contribution in [-0.4, -0.2) is 85.2 Å². The molecule has 2 aromatic carbocycles. The van der Waals surface area contributed by atoms with Crippen molar-refractivity contribution in [2.24, 2.45) is 4.99 Å². The van der Waals surface area contributed by atoms with Crippen LogP contribution < -0.4 is 4.74 Å². The first-order chi connectivity index (χ1) is 15.2. The summed E-state index contributed by atoms with van der Waals surface area (Å²) >= 11 is 5.15. The number of hydrogen-bond acceptors (Lipinski definition) is 3. The Balaban J connectivity index is 1.72. The summed E-state index contributed by atoms with van der Waals surface area (Å²) in [5.41, 5.74) is 1.12. The number of ether oxygens (including phenoxy) is 1. The van der Waals surface area contributed by atoms with Gasteiger partial charge >= 0.3 is 204 Å². The predicted octanol–water partition coefficient (Wildman–Crippen LogP) is 4.16. The van der Waals surface area contributed by atoms with Gasteiger partial charge in [-0.1, -0.05) is 0 Å². The van der Waals surface area contributed by atoms with Gasteiger partial charge in [-0.2, -0.15) is 0 Å². The molecule has 1 aliphatic rings. The van der Waals surface area contributed by atoms with Crippen LogP contribution in [-0.2, 0) is 6.54 Å². The molecule has 2 aromatic rings. The van der Waals surface area contributed by atoms with E-state index in [0.717, 1.165) is 22.3 Å². The maximum atomic E-state index is 12.1. The molecular formula is C23H31ClIN5O2. The topological polar surface area (TPSA) is 51.6 Å². The number of halogens is 2. The molecule has 0 unspecified atom stereocenters. The third kappa shape index (κ3) is 5.40. The van der Waals surface area contributed by atoms with Crippen LogP contribution >= 0.6 is 31.4 Å². The van der Waals surface area contributed by atoms with Gasteiger partial charge in [0, 0.05) is 0 Å². The van der Waals surface area contributed by atoms with Crippen LogP contribution in [0.2, 0.25) is 5.02 Å². The molecular weight excluding hydrogens is 541 g/mol. The summed E-state index contributed by atoms with van der Waals surface area (Å²) in [5.74, 6) is 1.70. The number of amides is 2. The van der Waals surface area contributed by atoms with Gasteiger partial charge in [-0.15, -0.1) is 0 Å². The Hall–Kier alpha value is -2.20. The van der Waals surface area contributed by atoms with Gasteiger partial charge < -0.3 is 0 Å². The molecule has 1 fully saturated rings. The third-order valence-corrected chi connectivity index (χ3v) is 11.2. The number of rotatable bonds is 5. The second kappa shape index (κ2) is 10.6. The Morgan fingerprint density at radius 2 is 1.78 bits per heavy atom. The molecule has 1 saturated heterocycles. The minimum atomic E-state index is -1.59. The van der Waals surface area contributed by atoms with Crippen molar-refractivity contribution < 1.29 is 9.53 Å². The summed E-state index contributed by atoms with van der Waals surface area (Å²) in [7, 11) is 9.06. The maximum absolute atomic E-state index is 12.1. The fourth-order valence-electron chi connectivity index (χ4n) is 3.74. The summed E-state index contributed by atoms with van der Waals surface area (Å²) < 4.78 is 7.86. The summed E-state index contributed by atoms with van der Waals surface area (Å²) in [6.07, 6.45) is 0. The molecule has 2 amide bonds. The van der Waals surface area contributed by atoms with Crippen molar-refractivity contribution in [3.8, 4) is 5.75 Å². The number of urea groups is 1. The van der Waals surface area contributed by atoms with Crippen molar-refractivity contribution in [3.05, 3.63) is 60.2 Å². The molecule has 1 heterocycles. The molecule has 0 N–H and O–H groups in total. The van der Waals surface area contributed by atoms with E-state index >= 15 is 0 Å². The van der Waals surface area contributed by atoms with Crippen LogP contribution in [0, 0.1) is 7.14 Å². The first-order valence-corrected chi connectivity index (χ1v) is 14.9. The van der Waals surface area contributed by atoms with Gasteiger partial charge in [-0.25, -0.2) is 0 Å². The summed E-state index contributed by atoms with van der Waals surface area (Å²) in [6, 6.07) is 14.7. The first kappa shape index (κ1) is 24.4. The second-order valence-electron chi connectivity index (χ2n) is 7.76. The Bertz CT molecular complexity index is 971. The van der Waals surface area contributed by atoms with Gasteiger partial charge in [-0.05, 0) is 0 Å². The normalized spacial score (nSPS) is 15.2.